The van der Waals surface area contributed by atoms with Gasteiger partial charge in [-0.15, -0.1) is 23.2 Å². The van der Waals surface area contributed by atoms with Gasteiger partial charge in [0, 0.05) is 14.0 Å². The van der Waals surface area contributed by atoms with Crippen molar-refractivity contribution in [3.05, 3.63) is 0 Å². The van der Waals surface area contributed by atoms with Gasteiger partial charge in [-0.2, -0.15) is 0 Å². The average molecular weight is 269 g/mol. The minimum atomic E-state index is -1.10. The van der Waals surface area contributed by atoms with Crippen LogP contribution in [0.3, 0.4) is 0 Å². The first-order chi connectivity index (χ1) is 6.63. The summed E-state index contributed by atoms with van der Waals surface area (Å²) in [7, 11) is -1.10. The van der Waals surface area contributed by atoms with Gasteiger partial charge < -0.3 is 5.11 Å². The van der Waals surface area contributed by atoms with Crippen molar-refractivity contribution in [2.45, 2.75) is 55.9 Å². The molecule has 0 aliphatic heterocycles. The summed E-state index contributed by atoms with van der Waals surface area (Å²) in [5.74, 6) is 0.555. The molecule has 90 valence electrons. The van der Waals surface area contributed by atoms with Gasteiger partial charge in [-0.3, -0.25) is 0 Å². The molecule has 0 aromatic heterocycles. The van der Waals surface area contributed by atoms with Crippen molar-refractivity contribution >= 4 is 31.3 Å². The van der Waals surface area contributed by atoms with Gasteiger partial charge in [0.2, 0.25) is 0 Å². The lowest BCUT2D eigenvalue weighted by atomic mass is 9.89. The van der Waals surface area contributed by atoms with E-state index in [1.807, 2.05) is 6.92 Å². The molecule has 4 heteroatoms. The summed E-state index contributed by atoms with van der Waals surface area (Å²) in [5, 5.41) is 10.2. The molecule has 0 spiro atoms. The standard InChI is InChI=1S/C11H22Cl2OSi/c1-11(14)6-5-8(7-15(2,3)4)9(11)10(12)13/h8-10,14H,5-7H2,1-4H3/t8-,9-,11+/m0/s1. The van der Waals surface area contributed by atoms with Gasteiger partial charge in [0.25, 0.3) is 0 Å². The number of alkyl halides is 2. The Hall–Kier alpha value is 0.757. The minimum Gasteiger partial charge on any atom is -0.390 e. The highest BCUT2D eigenvalue weighted by atomic mass is 35.5. The van der Waals surface area contributed by atoms with Crippen LogP contribution < -0.4 is 0 Å². The van der Waals surface area contributed by atoms with Crippen molar-refractivity contribution in [2.24, 2.45) is 11.8 Å². The summed E-state index contributed by atoms with van der Waals surface area (Å²) in [4.78, 5) is -0.441. The predicted molar refractivity (Wildman–Crippen MR) is 70.5 cm³/mol. The number of halogens is 2. The molecule has 0 amide bonds. The maximum atomic E-state index is 10.2. The molecule has 1 nitrogen and oxygen atoms in total. The molecule has 0 saturated heterocycles. The summed E-state index contributed by atoms with van der Waals surface area (Å²) in [5.41, 5.74) is -0.668. The highest BCUT2D eigenvalue weighted by Gasteiger charge is 2.47. The minimum absolute atomic E-state index is 0.0487. The van der Waals surface area contributed by atoms with Crippen LogP contribution in [0.2, 0.25) is 25.7 Å². The van der Waals surface area contributed by atoms with Crippen LogP contribution in [-0.4, -0.2) is 23.6 Å². The monoisotopic (exact) mass is 268 g/mol. The van der Waals surface area contributed by atoms with Crippen LogP contribution in [0.15, 0.2) is 0 Å². The Morgan fingerprint density at radius 1 is 1.40 bits per heavy atom. The van der Waals surface area contributed by atoms with E-state index < -0.39 is 18.5 Å². The zero-order chi connectivity index (χ0) is 11.9. The van der Waals surface area contributed by atoms with E-state index in [0.717, 1.165) is 12.8 Å². The Bertz CT molecular complexity index is 223. The summed E-state index contributed by atoms with van der Waals surface area (Å²) in [6.45, 7) is 8.94. The van der Waals surface area contributed by atoms with Gasteiger partial charge in [-0.25, -0.2) is 0 Å². The molecule has 1 N–H and O–H groups in total. The lowest BCUT2D eigenvalue weighted by Crippen LogP contribution is -2.38. The number of rotatable bonds is 3. The molecule has 1 aliphatic carbocycles. The van der Waals surface area contributed by atoms with Gasteiger partial charge in [-0.05, 0) is 25.7 Å². The highest BCUT2D eigenvalue weighted by molar-refractivity contribution is 6.76. The van der Waals surface area contributed by atoms with E-state index in [1.54, 1.807) is 0 Å². The Balaban J connectivity index is 2.75. The molecule has 0 radical (unpaired) electrons. The molecule has 1 saturated carbocycles. The van der Waals surface area contributed by atoms with E-state index in [-0.39, 0.29) is 5.92 Å². The average Bonchev–Trinajstić information content (AvgIpc) is 2.22. The van der Waals surface area contributed by atoms with Gasteiger partial charge in [0.1, 0.15) is 4.84 Å². The van der Waals surface area contributed by atoms with Crippen LogP contribution in [0.25, 0.3) is 0 Å². The Kier molecular flexibility index (Phi) is 4.20. The third-order valence-electron chi connectivity index (χ3n) is 3.39. The molecule has 0 bridgehead atoms. The van der Waals surface area contributed by atoms with E-state index in [9.17, 15) is 5.11 Å². The summed E-state index contributed by atoms with van der Waals surface area (Å²) in [6.07, 6.45) is 1.90. The van der Waals surface area contributed by atoms with Gasteiger partial charge in [0.05, 0.1) is 5.60 Å². The number of hydrogen-bond donors (Lipinski definition) is 1. The topological polar surface area (TPSA) is 20.2 Å². The zero-order valence-corrected chi connectivity index (χ0v) is 12.6. The molecule has 0 aromatic carbocycles. The predicted octanol–water partition coefficient (Wildman–Crippen LogP) is 3.91. The second kappa shape index (κ2) is 4.56. The van der Waals surface area contributed by atoms with Crippen LogP contribution >= 0.6 is 23.2 Å². The van der Waals surface area contributed by atoms with Gasteiger partial charge >= 0.3 is 0 Å². The van der Waals surface area contributed by atoms with Crippen molar-refractivity contribution in [1.29, 1.82) is 0 Å². The molecule has 15 heavy (non-hydrogen) atoms. The fourth-order valence-electron chi connectivity index (χ4n) is 2.82. The van der Waals surface area contributed by atoms with Crippen molar-refractivity contribution < 1.29 is 5.11 Å². The fourth-order valence-corrected chi connectivity index (χ4v) is 5.81. The van der Waals surface area contributed by atoms with Crippen LogP contribution in [-0.2, 0) is 0 Å². The third kappa shape index (κ3) is 3.62. The van der Waals surface area contributed by atoms with Gasteiger partial charge in [-0.1, -0.05) is 25.7 Å². The zero-order valence-electron chi connectivity index (χ0n) is 10.1. The second-order valence-electron chi connectivity index (χ2n) is 6.28. The van der Waals surface area contributed by atoms with E-state index >= 15 is 0 Å². The lowest BCUT2D eigenvalue weighted by Gasteiger charge is -2.32. The lowest BCUT2D eigenvalue weighted by molar-refractivity contribution is 0.0179. The third-order valence-corrected chi connectivity index (χ3v) is 5.69. The first-order valence-electron chi connectivity index (χ1n) is 5.64. The first-order valence-corrected chi connectivity index (χ1v) is 10.2. The maximum Gasteiger partial charge on any atom is 0.113 e. The second-order valence-corrected chi connectivity index (χ2v) is 13.0. The van der Waals surface area contributed by atoms with E-state index in [4.69, 9.17) is 23.2 Å². The molecular weight excluding hydrogens is 247 g/mol. The maximum absolute atomic E-state index is 10.2. The largest absolute Gasteiger partial charge is 0.390 e. The van der Waals surface area contributed by atoms with E-state index in [0.29, 0.717) is 5.92 Å². The summed E-state index contributed by atoms with van der Waals surface area (Å²) in [6, 6.07) is 1.21. The molecule has 0 aromatic rings. The molecule has 1 rings (SSSR count). The van der Waals surface area contributed by atoms with Crippen molar-refractivity contribution in [3.8, 4) is 0 Å². The number of aliphatic hydroxyl groups is 1. The summed E-state index contributed by atoms with van der Waals surface area (Å²) < 4.78 is 0. The number of hydrogen-bond acceptors (Lipinski definition) is 1. The highest BCUT2D eigenvalue weighted by Crippen LogP contribution is 2.47. The first kappa shape index (κ1) is 13.8. The molecule has 0 heterocycles. The van der Waals surface area contributed by atoms with Crippen molar-refractivity contribution in [2.75, 3.05) is 0 Å². The Morgan fingerprint density at radius 3 is 2.33 bits per heavy atom. The normalized spacial score (nSPS) is 37.6. The Labute approximate surface area is 104 Å². The van der Waals surface area contributed by atoms with Crippen LogP contribution in [0.1, 0.15) is 19.8 Å². The molecule has 1 aliphatic rings. The smallest absolute Gasteiger partial charge is 0.113 e. The van der Waals surface area contributed by atoms with E-state index in [2.05, 4.69) is 19.6 Å². The van der Waals surface area contributed by atoms with Crippen molar-refractivity contribution in [3.63, 3.8) is 0 Å². The fraction of sp³-hybridized carbons (Fsp3) is 1.00. The summed E-state index contributed by atoms with van der Waals surface area (Å²) >= 11 is 12.0. The quantitative estimate of drug-likeness (QED) is 0.608. The van der Waals surface area contributed by atoms with Crippen LogP contribution in [0.4, 0.5) is 0 Å². The molecular formula is C11H22Cl2OSi. The van der Waals surface area contributed by atoms with Gasteiger partial charge in [0.15, 0.2) is 0 Å². The van der Waals surface area contributed by atoms with Crippen LogP contribution in [0.5, 0.6) is 0 Å². The Morgan fingerprint density at radius 2 is 1.93 bits per heavy atom. The molecule has 3 atom stereocenters. The van der Waals surface area contributed by atoms with Crippen molar-refractivity contribution in [1.82, 2.24) is 0 Å². The van der Waals surface area contributed by atoms with E-state index in [1.165, 1.54) is 6.04 Å². The van der Waals surface area contributed by atoms with Crippen LogP contribution in [0, 0.1) is 11.8 Å². The SMILES string of the molecule is C[C@@]1(O)CC[C@@H](C[Si](C)(C)C)[C@H]1C(Cl)Cl. The molecule has 0 unspecified atom stereocenters. The molecule has 1 fully saturated rings.